The van der Waals surface area contributed by atoms with E-state index in [1.54, 1.807) is 35.6 Å². The smallest absolute Gasteiger partial charge is 0.251 e. The molecule has 1 amide bonds. The third-order valence-electron chi connectivity index (χ3n) is 4.89. The highest BCUT2D eigenvalue weighted by Crippen LogP contribution is 2.21. The number of carbonyl (C=O) groups excluding carboxylic acids is 1. The predicted molar refractivity (Wildman–Crippen MR) is 121 cm³/mol. The lowest BCUT2D eigenvalue weighted by molar-refractivity contribution is 0.0951. The van der Waals surface area contributed by atoms with Crippen LogP contribution in [-0.4, -0.2) is 20.3 Å². The van der Waals surface area contributed by atoms with Crippen LogP contribution in [0.4, 0.5) is 0 Å². The average molecular weight is 429 g/mol. The number of hydrogen-bond acceptors (Lipinski definition) is 5. The molecule has 0 radical (unpaired) electrons. The maximum absolute atomic E-state index is 12.5. The second-order valence-corrected chi connectivity index (χ2v) is 8.39. The van der Waals surface area contributed by atoms with E-state index in [4.69, 9.17) is 4.74 Å². The van der Waals surface area contributed by atoms with Gasteiger partial charge in [0.25, 0.3) is 5.91 Å². The van der Waals surface area contributed by atoms with E-state index >= 15 is 0 Å². The van der Waals surface area contributed by atoms with Crippen molar-refractivity contribution in [2.24, 2.45) is 0 Å². The maximum Gasteiger partial charge on any atom is 0.251 e. The van der Waals surface area contributed by atoms with E-state index in [2.05, 4.69) is 15.3 Å². The van der Waals surface area contributed by atoms with Crippen LogP contribution in [0.2, 0.25) is 0 Å². The van der Waals surface area contributed by atoms with Gasteiger partial charge in [0.1, 0.15) is 23.0 Å². The minimum Gasteiger partial charge on any atom is -0.487 e. The summed E-state index contributed by atoms with van der Waals surface area (Å²) >= 11 is 1.59. The monoisotopic (exact) mass is 428 g/mol. The Morgan fingerprint density at radius 1 is 1.03 bits per heavy atom. The van der Waals surface area contributed by atoms with Crippen LogP contribution in [-0.2, 0) is 13.2 Å². The molecule has 5 aromatic rings. The molecule has 154 valence electrons. The second-order valence-electron chi connectivity index (χ2n) is 7.28. The number of imidazole rings is 1. The van der Waals surface area contributed by atoms with Crippen molar-refractivity contribution in [1.82, 2.24) is 19.7 Å². The number of amides is 1. The van der Waals surface area contributed by atoms with Crippen LogP contribution in [0, 0.1) is 6.92 Å². The lowest BCUT2D eigenvalue weighted by Gasteiger charge is -2.06. The van der Waals surface area contributed by atoms with Gasteiger partial charge in [-0.2, -0.15) is 0 Å². The highest BCUT2D eigenvalue weighted by atomic mass is 32.1. The number of nitrogens with one attached hydrogen (secondary N) is 1. The fourth-order valence-corrected chi connectivity index (χ4v) is 4.25. The summed E-state index contributed by atoms with van der Waals surface area (Å²) in [5.41, 5.74) is 4.46. The first-order chi connectivity index (χ1) is 15.1. The minimum absolute atomic E-state index is 0.137. The second kappa shape index (κ2) is 8.20. The van der Waals surface area contributed by atoms with Gasteiger partial charge in [0.2, 0.25) is 0 Å². The van der Waals surface area contributed by atoms with E-state index in [-0.39, 0.29) is 5.91 Å². The summed E-state index contributed by atoms with van der Waals surface area (Å²) in [6.07, 6.45) is 4.00. The number of aryl methyl sites for hydroxylation is 1. The Hall–Kier alpha value is -3.71. The van der Waals surface area contributed by atoms with Crippen LogP contribution in [0.15, 0.2) is 73.1 Å². The van der Waals surface area contributed by atoms with Crippen molar-refractivity contribution < 1.29 is 9.53 Å². The number of nitrogens with zero attached hydrogens (tertiary/aromatic N) is 3. The van der Waals surface area contributed by atoms with E-state index in [9.17, 15) is 4.79 Å². The van der Waals surface area contributed by atoms with E-state index in [0.717, 1.165) is 26.6 Å². The summed E-state index contributed by atoms with van der Waals surface area (Å²) in [5, 5.41) is 3.81. The molecule has 0 atom stereocenters. The Morgan fingerprint density at radius 2 is 1.87 bits per heavy atom. The Bertz CT molecular complexity index is 1340. The molecular formula is C24H20N4O2S. The molecule has 0 bridgehead atoms. The van der Waals surface area contributed by atoms with Gasteiger partial charge in [-0.25, -0.2) is 9.97 Å². The predicted octanol–water partition coefficient (Wildman–Crippen LogP) is 4.76. The standard InChI is InChI=1S/C24H20N4O2S/c1-16-6-11-22-26-18(14-28(22)13-16)15-30-19-9-7-17(8-10-19)24(29)25-12-23-27-20-4-2-3-5-21(20)31-23/h2-11,13-14H,12,15H2,1H3,(H,25,29). The number of pyridine rings is 1. The number of rotatable bonds is 6. The highest BCUT2D eigenvalue weighted by molar-refractivity contribution is 7.18. The molecule has 0 saturated heterocycles. The maximum atomic E-state index is 12.5. The molecule has 7 heteroatoms. The van der Waals surface area contributed by atoms with E-state index in [1.807, 2.05) is 60.1 Å². The van der Waals surface area contributed by atoms with Crippen molar-refractivity contribution in [2.45, 2.75) is 20.1 Å². The van der Waals surface area contributed by atoms with Crippen LogP contribution in [0.5, 0.6) is 5.75 Å². The Morgan fingerprint density at radius 3 is 2.71 bits per heavy atom. The largest absolute Gasteiger partial charge is 0.487 e. The van der Waals surface area contributed by atoms with E-state index < -0.39 is 0 Å². The third-order valence-corrected chi connectivity index (χ3v) is 5.93. The zero-order valence-corrected chi connectivity index (χ0v) is 17.7. The van der Waals surface area contributed by atoms with Gasteiger partial charge in [-0.05, 0) is 55.0 Å². The summed E-state index contributed by atoms with van der Waals surface area (Å²) < 4.78 is 8.95. The number of aromatic nitrogens is 3. The molecule has 0 aliphatic heterocycles. The third kappa shape index (κ3) is 4.27. The van der Waals surface area contributed by atoms with Gasteiger partial charge in [-0.1, -0.05) is 18.2 Å². The van der Waals surface area contributed by atoms with Gasteiger partial charge >= 0.3 is 0 Å². The molecule has 2 aromatic carbocycles. The van der Waals surface area contributed by atoms with Crippen molar-refractivity contribution in [3.8, 4) is 5.75 Å². The molecule has 0 aliphatic rings. The number of ether oxygens (including phenoxy) is 1. The summed E-state index contributed by atoms with van der Waals surface area (Å²) in [4.78, 5) is 21.6. The first-order valence-electron chi connectivity index (χ1n) is 9.94. The van der Waals surface area contributed by atoms with Crippen LogP contribution >= 0.6 is 11.3 Å². The van der Waals surface area contributed by atoms with Crippen LogP contribution in [0.1, 0.15) is 26.6 Å². The minimum atomic E-state index is -0.137. The number of benzene rings is 2. The van der Waals surface area contributed by atoms with E-state index in [0.29, 0.717) is 24.5 Å². The van der Waals surface area contributed by atoms with Crippen molar-refractivity contribution >= 4 is 33.1 Å². The average Bonchev–Trinajstić information content (AvgIpc) is 3.39. The lowest BCUT2D eigenvalue weighted by atomic mass is 10.2. The van der Waals surface area contributed by atoms with Crippen LogP contribution in [0.25, 0.3) is 15.9 Å². The van der Waals surface area contributed by atoms with Gasteiger partial charge in [-0.15, -0.1) is 11.3 Å². The molecule has 0 fully saturated rings. The first-order valence-corrected chi connectivity index (χ1v) is 10.8. The topological polar surface area (TPSA) is 68.5 Å². The summed E-state index contributed by atoms with van der Waals surface area (Å²) in [5.74, 6) is 0.553. The zero-order chi connectivity index (χ0) is 21.2. The van der Waals surface area contributed by atoms with E-state index in [1.165, 1.54) is 5.56 Å². The Labute approximate surface area is 183 Å². The fourth-order valence-electron chi connectivity index (χ4n) is 3.34. The van der Waals surface area contributed by atoms with Crippen LogP contribution < -0.4 is 10.1 Å². The molecule has 3 aromatic heterocycles. The quantitative estimate of drug-likeness (QED) is 0.423. The van der Waals surface area contributed by atoms with Gasteiger partial charge in [-0.3, -0.25) is 4.79 Å². The Balaban J connectivity index is 1.18. The van der Waals surface area contributed by atoms with Crippen molar-refractivity contribution in [1.29, 1.82) is 0 Å². The van der Waals surface area contributed by atoms with Gasteiger partial charge < -0.3 is 14.5 Å². The van der Waals surface area contributed by atoms with Gasteiger partial charge in [0, 0.05) is 18.0 Å². The normalized spacial score (nSPS) is 11.1. The first kappa shape index (κ1) is 19.3. The molecule has 1 N–H and O–H groups in total. The summed E-state index contributed by atoms with van der Waals surface area (Å²) in [7, 11) is 0. The Kier molecular flexibility index (Phi) is 5.09. The molecule has 0 aliphatic carbocycles. The molecular weight excluding hydrogens is 408 g/mol. The molecule has 5 rings (SSSR count). The number of carbonyl (C=O) groups is 1. The van der Waals surface area contributed by atoms with Gasteiger partial charge in [0.05, 0.1) is 22.5 Å². The van der Waals surface area contributed by atoms with Crippen molar-refractivity contribution in [3.63, 3.8) is 0 Å². The SMILES string of the molecule is Cc1ccc2nc(COc3ccc(C(=O)NCc4nc5ccccc5s4)cc3)cn2c1. The lowest BCUT2D eigenvalue weighted by Crippen LogP contribution is -2.22. The molecule has 3 heterocycles. The van der Waals surface area contributed by atoms with Crippen molar-refractivity contribution in [3.05, 3.63) is 94.9 Å². The molecule has 31 heavy (non-hydrogen) atoms. The molecule has 0 saturated carbocycles. The summed E-state index contributed by atoms with van der Waals surface area (Å²) in [6, 6.07) is 19.1. The molecule has 6 nitrogen and oxygen atoms in total. The number of fused-ring (bicyclic) bond motifs is 2. The fraction of sp³-hybridized carbons (Fsp3) is 0.125. The molecule has 0 unspecified atom stereocenters. The number of para-hydroxylation sites is 1. The molecule has 0 spiro atoms. The van der Waals surface area contributed by atoms with Gasteiger partial charge in [0.15, 0.2) is 0 Å². The highest BCUT2D eigenvalue weighted by Gasteiger charge is 2.09. The van der Waals surface area contributed by atoms with Crippen molar-refractivity contribution in [2.75, 3.05) is 0 Å². The number of thiazole rings is 1. The number of hydrogen-bond donors (Lipinski definition) is 1. The van der Waals surface area contributed by atoms with Crippen LogP contribution in [0.3, 0.4) is 0 Å². The summed E-state index contributed by atoms with van der Waals surface area (Å²) in [6.45, 7) is 2.82. The zero-order valence-electron chi connectivity index (χ0n) is 16.9.